The number of fused-ring (bicyclic) bond motifs is 2. The molecule has 0 fully saturated rings. The molecule has 0 heterocycles. The molecule has 0 bridgehead atoms. The number of hydrogen-bond donors (Lipinski definition) is 3. The summed E-state index contributed by atoms with van der Waals surface area (Å²) in [4.78, 5) is 34.5. The lowest BCUT2D eigenvalue weighted by Crippen LogP contribution is -2.30. The van der Waals surface area contributed by atoms with Gasteiger partial charge < -0.3 is 25.2 Å². The molecule has 4 aromatic rings. The van der Waals surface area contributed by atoms with Gasteiger partial charge in [-0.05, 0) is 29.3 Å². The fraction of sp³-hybridized carbons (Fsp3) is 0.324. The number of aliphatic hydroxyl groups excluding tert-OH is 1. The van der Waals surface area contributed by atoms with Gasteiger partial charge in [0.05, 0.1) is 20.3 Å². The molecule has 0 saturated carbocycles. The van der Waals surface area contributed by atoms with Crippen molar-refractivity contribution in [1.82, 2.24) is 0 Å². The third-order valence-corrected chi connectivity index (χ3v) is 7.31. The number of benzene rings is 4. The van der Waals surface area contributed by atoms with E-state index in [1.807, 2.05) is 10.6 Å². The number of carbonyl (C=O) groups is 3. The smallest absolute Gasteiger partial charge is 0.471 e. The first-order chi connectivity index (χ1) is 22.5. The van der Waals surface area contributed by atoms with Crippen molar-refractivity contribution in [2.24, 2.45) is 0 Å². The molecule has 0 radical (unpaired) electrons. The van der Waals surface area contributed by atoms with Crippen LogP contribution in [0, 0.1) is 0 Å². The molecule has 0 aliphatic carbocycles. The van der Waals surface area contributed by atoms with Gasteiger partial charge in [-0.3, -0.25) is 14.4 Å². The topological polar surface area (TPSA) is 114 Å². The number of nitrogens with one attached hydrogen (secondary N) is 2. The van der Waals surface area contributed by atoms with Crippen molar-refractivity contribution in [2.75, 3.05) is 24.9 Å². The van der Waals surface area contributed by atoms with Gasteiger partial charge in [0.1, 0.15) is 17.3 Å². The van der Waals surface area contributed by atoms with Crippen LogP contribution in [0.25, 0.3) is 21.5 Å². The van der Waals surface area contributed by atoms with Crippen molar-refractivity contribution in [3.05, 3.63) is 71.8 Å². The summed E-state index contributed by atoms with van der Waals surface area (Å²) in [6.45, 7) is 3.41. The molecule has 1 atom stereocenters. The molecule has 14 heteroatoms. The van der Waals surface area contributed by atoms with Crippen LogP contribution in [0.3, 0.4) is 0 Å². The summed E-state index contributed by atoms with van der Waals surface area (Å²) >= 11 is 0. The molecule has 48 heavy (non-hydrogen) atoms. The first kappa shape index (κ1) is 37.6. The van der Waals surface area contributed by atoms with Crippen LogP contribution in [0.15, 0.2) is 60.7 Å². The van der Waals surface area contributed by atoms with Crippen LogP contribution in [0.5, 0.6) is 11.5 Å². The predicted octanol–water partition coefficient (Wildman–Crippen LogP) is 7.53. The minimum atomic E-state index is -5.02. The molecular formula is C34H34F6N2O6. The van der Waals surface area contributed by atoms with Gasteiger partial charge in [-0.1, -0.05) is 62.4 Å². The first-order valence-corrected chi connectivity index (χ1v) is 14.7. The lowest BCUT2D eigenvalue weighted by Gasteiger charge is -2.19. The van der Waals surface area contributed by atoms with E-state index in [-0.39, 0.29) is 47.7 Å². The van der Waals surface area contributed by atoms with E-state index < -0.39 is 30.3 Å². The maximum absolute atomic E-state index is 12.6. The highest BCUT2D eigenvalue weighted by molar-refractivity contribution is 6.03. The average Bonchev–Trinajstić information content (AvgIpc) is 3.04. The fourth-order valence-electron chi connectivity index (χ4n) is 4.87. The second-order valence-electron chi connectivity index (χ2n) is 10.6. The Morgan fingerprint density at radius 1 is 0.729 bits per heavy atom. The fourth-order valence-corrected chi connectivity index (χ4v) is 4.87. The first-order valence-electron chi connectivity index (χ1n) is 14.7. The Hall–Kier alpha value is -4.85. The van der Waals surface area contributed by atoms with Crippen molar-refractivity contribution < 1.29 is 55.3 Å². The molecule has 0 spiro atoms. The third kappa shape index (κ3) is 9.15. The van der Waals surface area contributed by atoms with E-state index in [9.17, 15) is 45.8 Å². The number of hydrogen-bond acceptors (Lipinski definition) is 6. The molecule has 258 valence electrons. The van der Waals surface area contributed by atoms with Crippen LogP contribution in [-0.2, 0) is 27.2 Å². The number of Topliss-reactive ketones (excluding diaryl/α,β-unsaturated/α-hetero) is 1. The molecule has 3 N–H and O–H groups in total. The summed E-state index contributed by atoms with van der Waals surface area (Å²) in [7, 11) is 2.77. The van der Waals surface area contributed by atoms with Gasteiger partial charge in [-0.25, -0.2) is 0 Å². The monoisotopic (exact) mass is 680 g/mol. The zero-order valence-electron chi connectivity index (χ0n) is 26.4. The zero-order chi connectivity index (χ0) is 35.8. The van der Waals surface area contributed by atoms with Crippen LogP contribution in [-0.4, -0.2) is 55.4 Å². The van der Waals surface area contributed by atoms with E-state index >= 15 is 0 Å². The van der Waals surface area contributed by atoms with E-state index in [4.69, 9.17) is 9.47 Å². The maximum atomic E-state index is 12.6. The Kier molecular flexibility index (Phi) is 12.4. The molecule has 4 aromatic carbocycles. The minimum absolute atomic E-state index is 0.0135. The Balaban J connectivity index is 0.000000260. The number of anilines is 2. The van der Waals surface area contributed by atoms with Crippen molar-refractivity contribution >= 4 is 50.5 Å². The average molecular weight is 681 g/mol. The highest BCUT2D eigenvalue weighted by Crippen LogP contribution is 2.38. The molecule has 0 saturated heterocycles. The van der Waals surface area contributed by atoms with Crippen molar-refractivity contribution in [3.8, 4) is 11.5 Å². The van der Waals surface area contributed by atoms with Crippen LogP contribution >= 0.6 is 0 Å². The lowest BCUT2D eigenvalue weighted by atomic mass is 9.97. The highest BCUT2D eigenvalue weighted by Gasteiger charge is 2.40. The van der Waals surface area contributed by atoms with Gasteiger partial charge in [0.15, 0.2) is 0 Å². The highest BCUT2D eigenvalue weighted by atomic mass is 19.4. The van der Waals surface area contributed by atoms with E-state index in [1.165, 1.54) is 26.4 Å². The van der Waals surface area contributed by atoms with E-state index in [0.717, 1.165) is 0 Å². The Morgan fingerprint density at radius 3 is 1.54 bits per heavy atom. The summed E-state index contributed by atoms with van der Waals surface area (Å²) in [6.07, 6.45) is -10.2. The summed E-state index contributed by atoms with van der Waals surface area (Å²) in [5.74, 6) is -3.70. The number of alkyl halides is 6. The summed E-state index contributed by atoms with van der Waals surface area (Å²) in [5.41, 5.74) is 0.485. The maximum Gasteiger partial charge on any atom is 0.471 e. The number of aliphatic hydroxyl groups is 1. The second-order valence-corrected chi connectivity index (χ2v) is 10.6. The predicted molar refractivity (Wildman–Crippen MR) is 169 cm³/mol. The van der Waals surface area contributed by atoms with Crippen molar-refractivity contribution in [3.63, 3.8) is 0 Å². The number of ether oxygens (including phenoxy) is 2. The summed E-state index contributed by atoms with van der Waals surface area (Å²) < 4.78 is 86.2. The van der Waals surface area contributed by atoms with E-state index in [0.29, 0.717) is 39.3 Å². The number of ketones is 1. The molecule has 2 amide bonds. The second kappa shape index (κ2) is 15.8. The minimum Gasteiger partial charge on any atom is -0.496 e. The van der Waals surface area contributed by atoms with Crippen molar-refractivity contribution in [1.29, 1.82) is 0 Å². The number of rotatable bonds is 10. The van der Waals surface area contributed by atoms with Gasteiger partial charge in [-0.15, -0.1) is 0 Å². The lowest BCUT2D eigenvalue weighted by molar-refractivity contribution is -0.167. The molecule has 0 aliphatic heterocycles. The normalized spacial score (nSPS) is 12.1. The molecule has 0 aromatic heterocycles. The van der Waals surface area contributed by atoms with Gasteiger partial charge in [0.25, 0.3) is 0 Å². The number of amides is 2. The number of halogens is 6. The summed E-state index contributed by atoms with van der Waals surface area (Å²) in [5, 5.41) is 16.3. The molecule has 0 aliphatic rings. The largest absolute Gasteiger partial charge is 0.496 e. The van der Waals surface area contributed by atoms with Gasteiger partial charge in [0.2, 0.25) is 0 Å². The molecular weight excluding hydrogens is 646 g/mol. The third-order valence-electron chi connectivity index (χ3n) is 7.31. The number of carbonyl (C=O) groups excluding carboxylic acids is 3. The van der Waals surface area contributed by atoms with E-state index in [2.05, 4.69) is 0 Å². The van der Waals surface area contributed by atoms with Gasteiger partial charge >= 0.3 is 24.2 Å². The molecule has 4 rings (SSSR count). The number of methoxy groups -OCH3 is 2. The van der Waals surface area contributed by atoms with Crippen LogP contribution in [0.4, 0.5) is 37.7 Å². The Morgan fingerprint density at radius 2 is 1.15 bits per heavy atom. The Labute approximate surface area is 272 Å². The van der Waals surface area contributed by atoms with Gasteiger partial charge in [-0.2, -0.15) is 26.3 Å². The molecule has 8 nitrogen and oxygen atoms in total. The summed E-state index contributed by atoms with van der Waals surface area (Å²) in [6, 6.07) is 16.8. The molecule has 1 unspecified atom stereocenters. The van der Waals surface area contributed by atoms with Crippen molar-refractivity contribution in [2.45, 2.75) is 58.0 Å². The van der Waals surface area contributed by atoms with Crippen LogP contribution in [0.2, 0.25) is 0 Å². The SMILES string of the molecule is CCC(=O)Cc1c(NC(=O)C(F)(F)F)cc2ccccc2c1OC.CCC(O)Cc1c(NC(=O)C(F)(F)F)cc2ccccc2c1OC. The van der Waals surface area contributed by atoms with Gasteiger partial charge in [0, 0.05) is 52.5 Å². The van der Waals surface area contributed by atoms with E-state index in [1.54, 1.807) is 62.4 Å². The Bertz CT molecular complexity index is 1790. The standard InChI is InChI=1S/C17H18F3NO3.C17H16F3NO3/c2*1-3-11(22)9-13-14(21-16(23)17(18,19)20)8-10-6-4-5-7-12(10)15(13)24-2/h4-8,11,22H,3,9H2,1-2H3,(H,21,23);4-8H,3,9H2,1-2H3,(H,21,23). The quantitative estimate of drug-likeness (QED) is 0.149. The van der Waals surface area contributed by atoms with Crippen LogP contribution < -0.4 is 20.1 Å². The van der Waals surface area contributed by atoms with Crippen LogP contribution in [0.1, 0.15) is 37.8 Å². The zero-order valence-corrected chi connectivity index (χ0v) is 26.4.